The molecular weight excluding hydrogens is 737 g/mol. The van der Waals surface area contributed by atoms with Gasteiger partial charge in [0.25, 0.3) is 0 Å². The molecule has 1 aliphatic carbocycles. The molecule has 278 valence electrons. The van der Waals surface area contributed by atoms with Crippen molar-refractivity contribution in [3.8, 4) is 11.4 Å². The molecule has 2 aliphatic rings. The Labute approximate surface area is 345 Å². The van der Waals surface area contributed by atoms with Crippen LogP contribution in [0.2, 0.25) is 0 Å². The van der Waals surface area contributed by atoms with E-state index in [1.165, 1.54) is 98.8 Å². The highest BCUT2D eigenvalue weighted by Crippen LogP contribution is 2.51. The van der Waals surface area contributed by atoms with Gasteiger partial charge in [-0.2, -0.15) is 0 Å². The van der Waals surface area contributed by atoms with E-state index >= 15 is 0 Å². The Morgan fingerprint density at radius 2 is 0.983 bits per heavy atom. The lowest BCUT2D eigenvalue weighted by Gasteiger charge is -2.40. The number of allylic oxidation sites excluding steroid dienone is 3. The van der Waals surface area contributed by atoms with E-state index in [9.17, 15) is 0 Å². The quantitative estimate of drug-likeness (QED) is 0.177. The summed E-state index contributed by atoms with van der Waals surface area (Å²) in [6.45, 7) is 0. The number of anilines is 2. The number of para-hydroxylation sites is 6. The van der Waals surface area contributed by atoms with Crippen molar-refractivity contribution >= 4 is 94.3 Å². The number of hydrogen-bond acceptors (Lipinski definition) is 2. The standard InChI is InChI=1S/C54H36N4S/c1-3-15-35(16-4-1)55-44-22-10-8-20-40(44)43-33-37(27-30-47(43)55)57-46-24-12-9-21-42(46)53-50(57)32-29-41-39-19-7-11-23-45(39)58(54(41)53)38-28-31-49-52(34-38)59-51-26-14-13-25-48(51)56(49)36-17-5-2-6-18-36/h1-33,52H,34H2. The molecule has 5 heteroatoms. The molecule has 59 heavy (non-hydrogen) atoms. The Kier molecular flexibility index (Phi) is 7.04. The molecule has 4 heterocycles. The van der Waals surface area contributed by atoms with E-state index in [0.717, 1.165) is 12.1 Å². The van der Waals surface area contributed by atoms with Crippen molar-refractivity contribution in [2.45, 2.75) is 16.6 Å². The number of thioether (sulfide) groups is 1. The van der Waals surface area contributed by atoms with E-state index in [-0.39, 0.29) is 5.25 Å². The van der Waals surface area contributed by atoms with Gasteiger partial charge in [0, 0.05) is 72.1 Å². The van der Waals surface area contributed by atoms with Crippen LogP contribution >= 0.6 is 11.8 Å². The van der Waals surface area contributed by atoms with Crippen molar-refractivity contribution in [1.29, 1.82) is 0 Å². The minimum Gasteiger partial charge on any atom is -0.312 e. The van der Waals surface area contributed by atoms with Gasteiger partial charge in [-0.3, -0.25) is 0 Å². The van der Waals surface area contributed by atoms with E-state index in [1.807, 2.05) is 11.8 Å². The summed E-state index contributed by atoms with van der Waals surface area (Å²) >= 11 is 1.99. The first kappa shape index (κ1) is 32.8. The molecule has 0 radical (unpaired) electrons. The third-order valence-corrected chi connectivity index (χ3v) is 13.8. The minimum atomic E-state index is 0.256. The maximum atomic E-state index is 2.58. The van der Waals surface area contributed by atoms with Gasteiger partial charge >= 0.3 is 0 Å². The third-order valence-electron chi connectivity index (χ3n) is 12.5. The molecule has 1 atom stereocenters. The molecule has 4 nitrogen and oxygen atoms in total. The number of hydrogen-bond donors (Lipinski definition) is 0. The lowest BCUT2D eigenvalue weighted by Crippen LogP contribution is -2.30. The topological polar surface area (TPSA) is 18.0 Å². The first-order valence-corrected chi connectivity index (χ1v) is 21.2. The average Bonchev–Trinajstić information content (AvgIpc) is 3.94. The highest BCUT2D eigenvalue weighted by molar-refractivity contribution is 8.00. The Balaban J connectivity index is 1.06. The van der Waals surface area contributed by atoms with Crippen LogP contribution in [0.1, 0.15) is 6.42 Å². The van der Waals surface area contributed by atoms with E-state index < -0.39 is 0 Å². The Morgan fingerprint density at radius 3 is 1.76 bits per heavy atom. The molecule has 0 spiro atoms. The van der Waals surface area contributed by atoms with Gasteiger partial charge in [-0.1, -0.05) is 109 Å². The van der Waals surface area contributed by atoms with Crippen molar-refractivity contribution in [3.05, 3.63) is 206 Å². The molecule has 1 unspecified atom stereocenters. The molecule has 3 aromatic heterocycles. The first-order chi connectivity index (χ1) is 29.3. The van der Waals surface area contributed by atoms with Gasteiger partial charge < -0.3 is 18.6 Å². The van der Waals surface area contributed by atoms with E-state index in [2.05, 4.69) is 219 Å². The number of aromatic nitrogens is 3. The van der Waals surface area contributed by atoms with Crippen molar-refractivity contribution < 1.29 is 0 Å². The highest BCUT2D eigenvalue weighted by atomic mass is 32.2. The predicted molar refractivity (Wildman–Crippen MR) is 250 cm³/mol. The monoisotopic (exact) mass is 772 g/mol. The van der Waals surface area contributed by atoms with Crippen LogP contribution in [-0.2, 0) is 0 Å². The maximum absolute atomic E-state index is 2.58. The van der Waals surface area contributed by atoms with Crippen LogP contribution in [0.5, 0.6) is 0 Å². The summed E-state index contributed by atoms with van der Waals surface area (Å²) in [6.07, 6.45) is 5.67. The second-order valence-electron chi connectivity index (χ2n) is 15.6. The fourth-order valence-electron chi connectivity index (χ4n) is 10.1. The van der Waals surface area contributed by atoms with Gasteiger partial charge in [0.15, 0.2) is 0 Å². The Hall–Kier alpha value is -7.21. The minimum absolute atomic E-state index is 0.256. The lowest BCUT2D eigenvalue weighted by atomic mass is 10.0. The number of benzene rings is 8. The zero-order valence-corrected chi connectivity index (χ0v) is 32.9. The van der Waals surface area contributed by atoms with Crippen LogP contribution in [0.25, 0.3) is 82.5 Å². The molecule has 0 bridgehead atoms. The molecule has 0 fully saturated rings. The van der Waals surface area contributed by atoms with Crippen LogP contribution < -0.4 is 4.90 Å². The Morgan fingerprint density at radius 1 is 0.407 bits per heavy atom. The SMILES string of the molecule is C1=C2C(CC(n3c4ccccc4c4ccc5c(c6ccccc6n5-c5ccc6c(c5)c5ccccc5n6-c5ccccc5)c43)=C1)Sc1ccccc1N2c1ccccc1. The van der Waals surface area contributed by atoms with E-state index in [1.54, 1.807) is 0 Å². The van der Waals surface area contributed by atoms with Crippen LogP contribution in [0, 0.1) is 0 Å². The summed E-state index contributed by atoms with van der Waals surface area (Å²) in [5.41, 5.74) is 14.7. The predicted octanol–water partition coefficient (Wildman–Crippen LogP) is 14.4. The lowest BCUT2D eigenvalue weighted by molar-refractivity contribution is 0.893. The molecule has 0 N–H and O–H groups in total. The molecule has 0 saturated carbocycles. The van der Waals surface area contributed by atoms with Gasteiger partial charge in [-0.25, -0.2) is 0 Å². The summed E-state index contributed by atoms with van der Waals surface area (Å²) in [5.74, 6) is 0. The van der Waals surface area contributed by atoms with Crippen molar-refractivity contribution in [1.82, 2.24) is 13.7 Å². The van der Waals surface area contributed by atoms with Crippen LogP contribution in [0.3, 0.4) is 0 Å². The fraction of sp³-hybridized carbons (Fsp3) is 0.0370. The molecule has 8 aromatic carbocycles. The van der Waals surface area contributed by atoms with Crippen LogP contribution in [0.4, 0.5) is 11.4 Å². The van der Waals surface area contributed by atoms with Crippen LogP contribution in [-0.4, -0.2) is 19.0 Å². The van der Waals surface area contributed by atoms with Gasteiger partial charge in [-0.05, 0) is 91.0 Å². The zero-order valence-electron chi connectivity index (χ0n) is 32.0. The normalized spacial score (nSPS) is 15.3. The van der Waals surface area contributed by atoms with Gasteiger partial charge in [0.2, 0.25) is 0 Å². The van der Waals surface area contributed by atoms with Gasteiger partial charge in [0.1, 0.15) is 0 Å². The maximum Gasteiger partial charge on any atom is 0.0638 e. The van der Waals surface area contributed by atoms with Gasteiger partial charge in [0.05, 0.1) is 44.0 Å². The molecule has 11 aromatic rings. The second-order valence-corrected chi connectivity index (χ2v) is 16.9. The average molecular weight is 773 g/mol. The van der Waals surface area contributed by atoms with E-state index in [4.69, 9.17) is 0 Å². The third kappa shape index (κ3) is 4.74. The van der Waals surface area contributed by atoms with Crippen LogP contribution in [0.15, 0.2) is 211 Å². The summed E-state index contributed by atoms with van der Waals surface area (Å²) < 4.78 is 7.46. The molecule has 0 amide bonds. The Bertz CT molecular complexity index is 3570. The van der Waals surface area contributed by atoms with Crippen molar-refractivity contribution in [3.63, 3.8) is 0 Å². The highest BCUT2D eigenvalue weighted by Gasteiger charge is 2.34. The summed E-state index contributed by atoms with van der Waals surface area (Å²) in [4.78, 5) is 3.78. The summed E-state index contributed by atoms with van der Waals surface area (Å²) in [6, 6.07) is 68.8. The molecule has 1 aliphatic heterocycles. The number of nitrogens with zero attached hydrogens (tertiary/aromatic N) is 4. The first-order valence-electron chi connectivity index (χ1n) is 20.4. The summed E-state index contributed by atoms with van der Waals surface area (Å²) in [5, 5.41) is 7.85. The summed E-state index contributed by atoms with van der Waals surface area (Å²) in [7, 11) is 0. The van der Waals surface area contributed by atoms with Crippen molar-refractivity contribution in [2.75, 3.05) is 4.90 Å². The molecular formula is C54H36N4S. The number of fused-ring (bicyclic) bond motifs is 12. The van der Waals surface area contributed by atoms with E-state index in [0.29, 0.717) is 0 Å². The van der Waals surface area contributed by atoms with Gasteiger partial charge in [-0.15, -0.1) is 11.8 Å². The van der Waals surface area contributed by atoms with Crippen molar-refractivity contribution in [2.24, 2.45) is 0 Å². The zero-order chi connectivity index (χ0) is 38.6. The second kappa shape index (κ2) is 12.6. The molecule has 13 rings (SSSR count). The number of rotatable bonds is 4. The largest absolute Gasteiger partial charge is 0.312 e. The fourth-order valence-corrected chi connectivity index (χ4v) is 11.4. The smallest absolute Gasteiger partial charge is 0.0638 e. The molecule has 0 saturated heterocycles.